The van der Waals surface area contributed by atoms with Crippen molar-refractivity contribution in [3.8, 4) is 0 Å². The Kier molecular flexibility index (Phi) is 4.81. The van der Waals surface area contributed by atoms with Crippen LogP contribution < -0.4 is 16.2 Å². The third kappa shape index (κ3) is 3.72. The number of hydrogen-bond acceptors (Lipinski definition) is 5. The lowest BCUT2D eigenvalue weighted by molar-refractivity contribution is -0.133. The number of hydrogen-bond donors (Lipinski definition) is 3. The summed E-state index contributed by atoms with van der Waals surface area (Å²) in [5.74, 6) is 0.0727. The number of urea groups is 1. The van der Waals surface area contributed by atoms with Gasteiger partial charge in [-0.05, 0) is 38.3 Å². The molecule has 1 aromatic carbocycles. The highest BCUT2D eigenvalue weighted by Crippen LogP contribution is 2.28. The summed E-state index contributed by atoms with van der Waals surface area (Å²) in [5.41, 5.74) is -0.614. The van der Waals surface area contributed by atoms with Gasteiger partial charge in [-0.2, -0.15) is 0 Å². The van der Waals surface area contributed by atoms with Crippen molar-refractivity contribution >= 4 is 28.7 Å². The van der Waals surface area contributed by atoms with E-state index in [2.05, 4.69) is 20.6 Å². The van der Waals surface area contributed by atoms with E-state index in [0.717, 1.165) is 12.8 Å². The van der Waals surface area contributed by atoms with E-state index in [-0.39, 0.29) is 29.8 Å². The summed E-state index contributed by atoms with van der Waals surface area (Å²) in [6.07, 6.45) is 2.56. The van der Waals surface area contributed by atoms with E-state index in [0.29, 0.717) is 36.1 Å². The number of nitrogens with one attached hydrogen (secondary N) is 3. The molecule has 2 fully saturated rings. The monoisotopic (exact) mass is 397 g/mol. The lowest BCUT2D eigenvalue weighted by Gasteiger charge is -2.30. The van der Waals surface area contributed by atoms with Crippen molar-refractivity contribution in [3.05, 3.63) is 40.4 Å². The molecule has 2 saturated heterocycles. The maximum absolute atomic E-state index is 12.8. The lowest BCUT2D eigenvalue weighted by atomic mass is 9.92. The predicted molar refractivity (Wildman–Crippen MR) is 105 cm³/mol. The number of imide groups is 1. The number of benzene rings is 1. The van der Waals surface area contributed by atoms with E-state index in [1.165, 1.54) is 0 Å². The Labute approximate surface area is 166 Å². The van der Waals surface area contributed by atoms with Gasteiger partial charge in [-0.25, -0.2) is 9.78 Å². The van der Waals surface area contributed by atoms with Crippen molar-refractivity contribution in [3.63, 3.8) is 0 Å². The molecule has 0 spiro atoms. The van der Waals surface area contributed by atoms with E-state index >= 15 is 0 Å². The summed E-state index contributed by atoms with van der Waals surface area (Å²) in [6.45, 7) is 2.30. The van der Waals surface area contributed by atoms with Gasteiger partial charge in [-0.1, -0.05) is 12.1 Å². The minimum Gasteiger partial charge on any atom is -0.340 e. The zero-order valence-electron chi connectivity index (χ0n) is 16.2. The number of carbonyl (C=O) groups excluding carboxylic acids is 3. The maximum atomic E-state index is 12.8. The second-order valence-corrected chi connectivity index (χ2v) is 7.86. The highest BCUT2D eigenvalue weighted by molar-refractivity contribution is 6.06. The number of H-pyrrole nitrogens is 1. The van der Waals surface area contributed by atoms with Crippen molar-refractivity contribution < 1.29 is 14.4 Å². The first-order valence-electron chi connectivity index (χ1n) is 9.77. The first-order chi connectivity index (χ1) is 13.9. The van der Waals surface area contributed by atoms with Gasteiger partial charge in [0.2, 0.25) is 5.91 Å². The first-order valence-corrected chi connectivity index (χ1v) is 9.77. The van der Waals surface area contributed by atoms with Crippen LogP contribution in [0.25, 0.3) is 10.9 Å². The summed E-state index contributed by atoms with van der Waals surface area (Å²) in [4.78, 5) is 57.5. The van der Waals surface area contributed by atoms with Gasteiger partial charge in [0.1, 0.15) is 11.4 Å². The second kappa shape index (κ2) is 7.31. The van der Waals surface area contributed by atoms with E-state index in [1.54, 1.807) is 30.0 Å². The number of fused-ring (bicyclic) bond motifs is 1. The van der Waals surface area contributed by atoms with Crippen LogP contribution in [0.1, 0.15) is 38.4 Å². The second-order valence-electron chi connectivity index (χ2n) is 7.86. The Hall–Kier alpha value is -3.23. The van der Waals surface area contributed by atoms with Crippen LogP contribution in [0.3, 0.4) is 0 Å². The van der Waals surface area contributed by atoms with Gasteiger partial charge >= 0.3 is 6.03 Å². The van der Waals surface area contributed by atoms with E-state index in [4.69, 9.17) is 0 Å². The molecule has 9 heteroatoms. The zero-order valence-corrected chi connectivity index (χ0v) is 16.2. The molecule has 4 amide bonds. The highest BCUT2D eigenvalue weighted by Gasteiger charge is 2.45. The fourth-order valence-electron chi connectivity index (χ4n) is 4.19. The first kappa shape index (κ1) is 19.1. The molecule has 0 bridgehead atoms. The number of likely N-dealkylation sites (tertiary alicyclic amines) is 1. The normalized spacial score (nSPS) is 24.0. The van der Waals surface area contributed by atoms with E-state index in [1.807, 2.05) is 6.07 Å². The smallest absolute Gasteiger partial charge is 0.322 e. The molecule has 2 aliphatic rings. The molecular weight excluding hydrogens is 374 g/mol. The topological polar surface area (TPSA) is 124 Å². The fourth-order valence-corrected chi connectivity index (χ4v) is 4.19. The molecule has 2 atom stereocenters. The van der Waals surface area contributed by atoms with Gasteiger partial charge in [0.15, 0.2) is 0 Å². The van der Waals surface area contributed by atoms with Gasteiger partial charge in [0.25, 0.3) is 11.5 Å². The number of aromatic nitrogens is 2. The van der Waals surface area contributed by atoms with E-state index < -0.39 is 11.6 Å². The Morgan fingerprint density at radius 2 is 2.07 bits per heavy atom. The molecule has 0 saturated carbocycles. The molecular formula is C20H23N5O4. The average Bonchev–Trinajstić information content (AvgIpc) is 3.23. The third-order valence-electron chi connectivity index (χ3n) is 5.70. The van der Waals surface area contributed by atoms with Crippen molar-refractivity contribution in [1.82, 2.24) is 25.5 Å². The number of aromatic amines is 1. The molecule has 0 radical (unpaired) electrons. The summed E-state index contributed by atoms with van der Waals surface area (Å²) in [5, 5.41) is 5.44. The van der Waals surface area contributed by atoms with Crippen molar-refractivity contribution in [2.45, 2.75) is 50.6 Å². The number of rotatable bonds is 5. The van der Waals surface area contributed by atoms with Crippen LogP contribution in [0.4, 0.5) is 4.79 Å². The Morgan fingerprint density at radius 3 is 2.83 bits per heavy atom. The van der Waals surface area contributed by atoms with E-state index in [9.17, 15) is 19.2 Å². The Morgan fingerprint density at radius 1 is 1.28 bits per heavy atom. The molecule has 9 nitrogen and oxygen atoms in total. The Balaban J connectivity index is 1.42. The van der Waals surface area contributed by atoms with Crippen LogP contribution >= 0.6 is 0 Å². The molecule has 0 aliphatic carbocycles. The molecule has 2 aromatic rings. The quantitative estimate of drug-likeness (QED) is 0.645. The highest BCUT2D eigenvalue weighted by atomic mass is 16.2. The van der Waals surface area contributed by atoms with Crippen LogP contribution in [0.15, 0.2) is 29.1 Å². The SMILES string of the molecule is CC1(CC2CCCN2C(=O)CCc2nc3ccccc3c(=O)[nH]2)NC(=O)NC1=O. The molecule has 29 heavy (non-hydrogen) atoms. The van der Waals surface area contributed by atoms with Gasteiger partial charge in [0, 0.05) is 25.4 Å². The summed E-state index contributed by atoms with van der Waals surface area (Å²) in [6, 6.07) is 6.47. The molecule has 3 N–H and O–H groups in total. The number of carbonyl (C=O) groups is 3. The summed E-state index contributed by atoms with van der Waals surface area (Å²) < 4.78 is 0. The molecule has 152 valence electrons. The largest absolute Gasteiger partial charge is 0.340 e. The standard InChI is InChI=1S/C20H23N5O4/c1-20(18(28)23-19(29)24-20)11-12-5-4-10-25(12)16(26)9-8-15-21-14-7-3-2-6-13(14)17(27)22-15/h2-3,6-7,12H,4-5,8-11H2,1H3,(H,21,22,27)(H2,23,24,28,29). The van der Waals surface area contributed by atoms with Crippen LogP contribution in [0.5, 0.6) is 0 Å². The van der Waals surface area contributed by atoms with Crippen molar-refractivity contribution in [1.29, 1.82) is 0 Å². The van der Waals surface area contributed by atoms with Crippen molar-refractivity contribution in [2.24, 2.45) is 0 Å². The third-order valence-corrected chi connectivity index (χ3v) is 5.70. The van der Waals surface area contributed by atoms with Crippen molar-refractivity contribution in [2.75, 3.05) is 6.54 Å². The maximum Gasteiger partial charge on any atom is 0.322 e. The van der Waals surface area contributed by atoms with Gasteiger partial charge in [-0.15, -0.1) is 0 Å². The molecule has 3 heterocycles. The molecule has 1 aromatic heterocycles. The number of amides is 4. The molecule has 2 aliphatic heterocycles. The van der Waals surface area contributed by atoms with Crippen LogP contribution in [-0.4, -0.2) is 50.8 Å². The lowest BCUT2D eigenvalue weighted by Crippen LogP contribution is -2.49. The zero-order chi connectivity index (χ0) is 20.6. The molecule has 4 rings (SSSR count). The number of nitrogens with zero attached hydrogens (tertiary/aromatic N) is 2. The number of aryl methyl sites for hydroxylation is 1. The van der Waals surface area contributed by atoms with Gasteiger partial charge in [-0.3, -0.25) is 19.7 Å². The Bertz CT molecular complexity index is 1050. The minimum atomic E-state index is -1.00. The van der Waals surface area contributed by atoms with Gasteiger partial charge in [0.05, 0.1) is 10.9 Å². The van der Waals surface area contributed by atoms with Crippen LogP contribution in [0, 0.1) is 0 Å². The minimum absolute atomic E-state index is 0.0448. The van der Waals surface area contributed by atoms with Crippen LogP contribution in [-0.2, 0) is 16.0 Å². The predicted octanol–water partition coefficient (Wildman–Crippen LogP) is 0.835. The van der Waals surface area contributed by atoms with Gasteiger partial charge < -0.3 is 15.2 Å². The summed E-state index contributed by atoms with van der Waals surface area (Å²) >= 11 is 0. The number of para-hydroxylation sites is 1. The fraction of sp³-hybridized carbons (Fsp3) is 0.450. The summed E-state index contributed by atoms with van der Waals surface area (Å²) in [7, 11) is 0. The average molecular weight is 397 g/mol. The van der Waals surface area contributed by atoms with Crippen LogP contribution in [0.2, 0.25) is 0 Å². The molecule has 2 unspecified atom stereocenters.